The van der Waals surface area contributed by atoms with Crippen molar-refractivity contribution in [2.45, 2.75) is 25.8 Å². The van der Waals surface area contributed by atoms with Crippen LogP contribution in [0.3, 0.4) is 0 Å². The molecule has 3 heteroatoms. The molecule has 76 valence electrons. The summed E-state index contributed by atoms with van der Waals surface area (Å²) in [6, 6.07) is 4.52. The largest absolute Gasteiger partial charge is 0.492 e. The van der Waals surface area contributed by atoms with Crippen molar-refractivity contribution in [2.75, 3.05) is 6.61 Å². The molecule has 0 saturated carbocycles. The fourth-order valence-corrected chi connectivity index (χ4v) is 2.48. The maximum Gasteiger partial charge on any atom is 0.136 e. The van der Waals surface area contributed by atoms with E-state index >= 15 is 0 Å². The third kappa shape index (κ3) is 1.93. The Morgan fingerprint density at radius 3 is 3.07 bits per heavy atom. The van der Waals surface area contributed by atoms with Gasteiger partial charge in [0.15, 0.2) is 0 Å². The van der Waals surface area contributed by atoms with Crippen LogP contribution in [0.15, 0.2) is 16.6 Å². The number of fused-ring (bicyclic) bond motifs is 1. The van der Waals surface area contributed by atoms with E-state index in [-0.39, 0.29) is 6.04 Å². The lowest BCUT2D eigenvalue weighted by Crippen LogP contribution is -2.17. The Hall–Kier alpha value is -0.540. The van der Waals surface area contributed by atoms with E-state index in [4.69, 9.17) is 10.5 Å². The first-order valence-corrected chi connectivity index (χ1v) is 5.66. The Kier molecular flexibility index (Phi) is 2.79. The molecule has 1 atom stereocenters. The molecular weight excluding hydrogens is 242 g/mol. The molecule has 0 fully saturated rings. The summed E-state index contributed by atoms with van der Waals surface area (Å²) in [6.07, 6.45) is 1.94. The molecule has 2 nitrogen and oxygen atoms in total. The number of hydrogen-bond acceptors (Lipinski definition) is 2. The topological polar surface area (TPSA) is 35.2 Å². The zero-order chi connectivity index (χ0) is 10.1. The minimum atomic E-state index is 0.210. The average Bonchev–Trinajstić information content (AvgIpc) is 2.50. The molecule has 1 unspecified atom stereocenters. The summed E-state index contributed by atoms with van der Waals surface area (Å²) >= 11 is 3.52. The molecule has 14 heavy (non-hydrogen) atoms. The number of ether oxygens (including phenoxy) is 1. The second kappa shape index (κ2) is 3.91. The molecule has 0 amide bonds. The molecule has 0 spiro atoms. The number of benzene rings is 1. The zero-order valence-electron chi connectivity index (χ0n) is 8.22. The minimum absolute atomic E-state index is 0.210. The number of hydrogen-bond donors (Lipinski definition) is 1. The Balaban J connectivity index is 2.32. The highest BCUT2D eigenvalue weighted by Crippen LogP contribution is 2.34. The summed E-state index contributed by atoms with van der Waals surface area (Å²) in [5, 5.41) is 0. The third-order valence-corrected chi connectivity index (χ3v) is 2.94. The molecule has 1 aromatic carbocycles. The number of halogens is 1. The van der Waals surface area contributed by atoms with Crippen LogP contribution in [0.25, 0.3) is 0 Å². The van der Waals surface area contributed by atoms with E-state index in [0.717, 1.165) is 29.7 Å². The van der Waals surface area contributed by atoms with Crippen LogP contribution in [0.4, 0.5) is 0 Å². The monoisotopic (exact) mass is 255 g/mol. The van der Waals surface area contributed by atoms with E-state index in [1.165, 1.54) is 11.1 Å². The van der Waals surface area contributed by atoms with Crippen molar-refractivity contribution in [3.8, 4) is 5.75 Å². The molecule has 1 aromatic rings. The number of nitrogens with two attached hydrogens (primary N) is 1. The van der Waals surface area contributed by atoms with E-state index in [1.54, 1.807) is 0 Å². The highest BCUT2D eigenvalue weighted by molar-refractivity contribution is 9.10. The summed E-state index contributed by atoms with van der Waals surface area (Å²) in [5.41, 5.74) is 8.36. The maximum atomic E-state index is 5.77. The van der Waals surface area contributed by atoms with Crippen LogP contribution in [0.1, 0.15) is 18.1 Å². The summed E-state index contributed by atoms with van der Waals surface area (Å²) in [5.74, 6) is 1.01. The van der Waals surface area contributed by atoms with E-state index in [2.05, 4.69) is 28.1 Å². The molecule has 0 radical (unpaired) electrons. The fourth-order valence-electron chi connectivity index (χ4n) is 1.81. The van der Waals surface area contributed by atoms with Gasteiger partial charge in [0.1, 0.15) is 5.75 Å². The minimum Gasteiger partial charge on any atom is -0.492 e. The Labute approximate surface area is 92.6 Å². The van der Waals surface area contributed by atoms with Crippen molar-refractivity contribution in [3.63, 3.8) is 0 Å². The zero-order valence-corrected chi connectivity index (χ0v) is 9.80. The lowest BCUT2D eigenvalue weighted by atomic mass is 10.0. The van der Waals surface area contributed by atoms with Crippen LogP contribution in [-0.2, 0) is 12.8 Å². The summed E-state index contributed by atoms with van der Waals surface area (Å²) in [4.78, 5) is 0. The lowest BCUT2D eigenvalue weighted by Gasteiger charge is -2.08. The van der Waals surface area contributed by atoms with Gasteiger partial charge in [0.25, 0.3) is 0 Å². The average molecular weight is 256 g/mol. The molecule has 0 saturated heterocycles. The van der Waals surface area contributed by atoms with Gasteiger partial charge in [0, 0.05) is 12.5 Å². The molecular formula is C11H14BrNO. The first kappa shape index (κ1) is 9.99. The van der Waals surface area contributed by atoms with Crippen LogP contribution >= 0.6 is 15.9 Å². The SMILES string of the molecule is CC(N)Cc1cc(Br)c2c(c1)CCO2. The van der Waals surface area contributed by atoms with E-state index in [0.29, 0.717) is 0 Å². The van der Waals surface area contributed by atoms with Gasteiger partial charge in [-0.05, 0) is 46.5 Å². The Bertz CT molecular complexity index is 349. The van der Waals surface area contributed by atoms with Gasteiger partial charge in [0.2, 0.25) is 0 Å². The first-order chi connectivity index (χ1) is 6.66. The van der Waals surface area contributed by atoms with Crippen molar-refractivity contribution in [1.29, 1.82) is 0 Å². The molecule has 1 aliphatic heterocycles. The third-order valence-electron chi connectivity index (χ3n) is 2.36. The molecule has 0 aliphatic carbocycles. The second-order valence-electron chi connectivity index (χ2n) is 3.85. The molecule has 0 bridgehead atoms. The Morgan fingerprint density at radius 1 is 1.57 bits per heavy atom. The molecule has 1 heterocycles. The van der Waals surface area contributed by atoms with Gasteiger partial charge in [-0.2, -0.15) is 0 Å². The van der Waals surface area contributed by atoms with Crippen molar-refractivity contribution in [3.05, 3.63) is 27.7 Å². The molecule has 2 N–H and O–H groups in total. The normalized spacial score (nSPS) is 16.2. The highest BCUT2D eigenvalue weighted by atomic mass is 79.9. The lowest BCUT2D eigenvalue weighted by molar-refractivity contribution is 0.355. The van der Waals surface area contributed by atoms with Crippen molar-refractivity contribution < 1.29 is 4.74 Å². The van der Waals surface area contributed by atoms with Crippen LogP contribution in [0.2, 0.25) is 0 Å². The fraction of sp³-hybridized carbons (Fsp3) is 0.455. The molecule has 0 aromatic heterocycles. The summed E-state index contributed by atoms with van der Waals surface area (Å²) < 4.78 is 6.57. The predicted molar refractivity (Wildman–Crippen MR) is 60.7 cm³/mol. The smallest absolute Gasteiger partial charge is 0.136 e. The van der Waals surface area contributed by atoms with Crippen LogP contribution < -0.4 is 10.5 Å². The summed E-state index contributed by atoms with van der Waals surface area (Å²) in [6.45, 7) is 2.83. The van der Waals surface area contributed by atoms with Gasteiger partial charge in [-0.25, -0.2) is 0 Å². The highest BCUT2D eigenvalue weighted by Gasteiger charge is 2.16. The van der Waals surface area contributed by atoms with E-state index in [9.17, 15) is 0 Å². The van der Waals surface area contributed by atoms with Crippen molar-refractivity contribution in [1.82, 2.24) is 0 Å². The second-order valence-corrected chi connectivity index (χ2v) is 4.70. The molecule has 2 rings (SSSR count). The van der Waals surface area contributed by atoms with Crippen LogP contribution in [0, 0.1) is 0 Å². The first-order valence-electron chi connectivity index (χ1n) is 4.86. The van der Waals surface area contributed by atoms with Crippen LogP contribution in [0.5, 0.6) is 5.75 Å². The summed E-state index contributed by atoms with van der Waals surface area (Å²) in [7, 11) is 0. The number of rotatable bonds is 2. The standard InChI is InChI=1S/C11H14BrNO/c1-7(13)4-8-5-9-2-3-14-11(9)10(12)6-8/h5-7H,2-4,13H2,1H3. The molecule has 1 aliphatic rings. The van der Waals surface area contributed by atoms with Gasteiger partial charge < -0.3 is 10.5 Å². The van der Waals surface area contributed by atoms with E-state index < -0.39 is 0 Å². The van der Waals surface area contributed by atoms with Crippen molar-refractivity contribution >= 4 is 15.9 Å². The van der Waals surface area contributed by atoms with Gasteiger partial charge in [0.05, 0.1) is 11.1 Å². The van der Waals surface area contributed by atoms with Crippen LogP contribution in [-0.4, -0.2) is 12.6 Å². The quantitative estimate of drug-likeness (QED) is 0.881. The van der Waals surface area contributed by atoms with Gasteiger partial charge in [-0.3, -0.25) is 0 Å². The van der Waals surface area contributed by atoms with Gasteiger partial charge in [-0.15, -0.1) is 0 Å². The van der Waals surface area contributed by atoms with Gasteiger partial charge in [-0.1, -0.05) is 6.07 Å². The van der Waals surface area contributed by atoms with Crippen molar-refractivity contribution in [2.24, 2.45) is 5.73 Å². The maximum absolute atomic E-state index is 5.77. The van der Waals surface area contributed by atoms with Gasteiger partial charge >= 0.3 is 0 Å². The van der Waals surface area contributed by atoms with E-state index in [1.807, 2.05) is 6.92 Å². The predicted octanol–water partition coefficient (Wildman–Crippen LogP) is 2.27. The Morgan fingerprint density at radius 2 is 2.36 bits per heavy atom.